The van der Waals surface area contributed by atoms with Crippen molar-refractivity contribution in [2.75, 3.05) is 13.2 Å². The Labute approximate surface area is 137 Å². The number of aliphatic hydroxyl groups is 1. The van der Waals surface area contributed by atoms with Crippen LogP contribution in [0.25, 0.3) is 0 Å². The second-order valence-corrected chi connectivity index (χ2v) is 7.65. The third-order valence-corrected chi connectivity index (χ3v) is 6.26. The summed E-state index contributed by atoms with van der Waals surface area (Å²) in [4.78, 5) is 0.308. The number of aliphatic hydroxyl groups excluding tert-OH is 1. The highest BCUT2D eigenvalue weighted by Crippen LogP contribution is 2.38. The van der Waals surface area contributed by atoms with Crippen molar-refractivity contribution in [3.63, 3.8) is 0 Å². The number of hydrogen-bond donors (Lipinski definition) is 1. The van der Waals surface area contributed by atoms with Gasteiger partial charge in [-0.3, -0.25) is 0 Å². The molecule has 0 bridgehead atoms. The first-order valence-corrected chi connectivity index (χ1v) is 9.34. The Morgan fingerprint density at radius 3 is 2.48 bits per heavy atom. The van der Waals surface area contributed by atoms with Crippen LogP contribution in [0.1, 0.15) is 30.0 Å². The number of rotatable bonds is 6. The van der Waals surface area contributed by atoms with E-state index in [1.165, 1.54) is 5.56 Å². The molecule has 0 saturated heterocycles. The Hall–Kier alpha value is -1.69. The number of nitrogens with zero attached hydrogens (tertiary/aromatic N) is 1. The number of sulfonamides is 1. The van der Waals surface area contributed by atoms with Crippen molar-refractivity contribution in [3.8, 4) is 0 Å². The normalized spacial score (nSPS) is 17.4. The van der Waals surface area contributed by atoms with Crippen molar-refractivity contribution in [2.45, 2.75) is 30.2 Å². The van der Waals surface area contributed by atoms with Gasteiger partial charge in [0.2, 0.25) is 10.0 Å². The van der Waals surface area contributed by atoms with Gasteiger partial charge in [0.25, 0.3) is 0 Å². The highest BCUT2D eigenvalue weighted by atomic mass is 32.2. The minimum atomic E-state index is -3.58. The predicted octanol–water partition coefficient (Wildman–Crippen LogP) is 2.75. The van der Waals surface area contributed by atoms with E-state index in [2.05, 4.69) is 6.07 Å². The zero-order chi connectivity index (χ0) is 16.3. The summed E-state index contributed by atoms with van der Waals surface area (Å²) in [5.41, 5.74) is 2.31. The minimum absolute atomic E-state index is 0.0187. The molecule has 1 atom stereocenters. The van der Waals surface area contributed by atoms with Crippen LogP contribution in [0.3, 0.4) is 0 Å². The van der Waals surface area contributed by atoms with Gasteiger partial charge in [0.15, 0.2) is 0 Å². The largest absolute Gasteiger partial charge is 0.396 e. The molecule has 0 heterocycles. The molecular formula is C18H21NO3S. The number of benzene rings is 2. The van der Waals surface area contributed by atoms with Gasteiger partial charge >= 0.3 is 0 Å². The van der Waals surface area contributed by atoms with Crippen molar-refractivity contribution in [3.05, 3.63) is 65.7 Å². The van der Waals surface area contributed by atoms with E-state index in [0.29, 0.717) is 17.9 Å². The van der Waals surface area contributed by atoms with E-state index >= 15 is 0 Å². The molecule has 1 N–H and O–H groups in total. The van der Waals surface area contributed by atoms with Crippen LogP contribution in [-0.2, 0) is 16.4 Å². The van der Waals surface area contributed by atoms with Crippen LogP contribution in [0.2, 0.25) is 0 Å². The Kier molecular flexibility index (Phi) is 4.80. The standard InChI is InChI=1S/C18H21NO3S/c20-14-6-13-19(23(21,22)16-8-2-1-3-9-16)18-12-11-15-7-4-5-10-17(15)18/h1-5,7-10,18,20H,6,11-14H2. The van der Waals surface area contributed by atoms with Gasteiger partial charge < -0.3 is 5.11 Å². The third-order valence-electron chi connectivity index (χ3n) is 4.34. The molecule has 1 aliphatic carbocycles. The lowest BCUT2D eigenvalue weighted by Gasteiger charge is -2.28. The lowest BCUT2D eigenvalue weighted by Crippen LogP contribution is -2.35. The molecule has 0 aromatic heterocycles. The topological polar surface area (TPSA) is 57.6 Å². The average molecular weight is 331 g/mol. The van der Waals surface area contributed by atoms with Crippen LogP contribution < -0.4 is 0 Å². The highest BCUT2D eigenvalue weighted by Gasteiger charge is 2.35. The van der Waals surface area contributed by atoms with Crippen LogP contribution in [0.5, 0.6) is 0 Å². The van der Waals surface area contributed by atoms with Crippen molar-refractivity contribution in [1.82, 2.24) is 4.31 Å². The van der Waals surface area contributed by atoms with E-state index in [1.54, 1.807) is 28.6 Å². The average Bonchev–Trinajstić information content (AvgIpc) is 3.00. The van der Waals surface area contributed by atoms with E-state index < -0.39 is 10.0 Å². The summed E-state index contributed by atoms with van der Waals surface area (Å²) in [6.45, 7) is 0.307. The molecule has 1 aliphatic rings. The molecule has 0 radical (unpaired) electrons. The summed E-state index contributed by atoms with van der Waals surface area (Å²) >= 11 is 0. The summed E-state index contributed by atoms with van der Waals surface area (Å²) < 4.78 is 27.7. The molecule has 1 unspecified atom stereocenters. The molecule has 0 amide bonds. The van der Waals surface area contributed by atoms with E-state index in [1.807, 2.05) is 24.3 Å². The Morgan fingerprint density at radius 1 is 1.04 bits per heavy atom. The van der Waals surface area contributed by atoms with Gasteiger partial charge in [0, 0.05) is 13.2 Å². The molecule has 2 aromatic rings. The second kappa shape index (κ2) is 6.83. The second-order valence-electron chi connectivity index (χ2n) is 5.76. The molecule has 0 saturated carbocycles. The van der Waals surface area contributed by atoms with Crippen LogP contribution in [-0.4, -0.2) is 31.0 Å². The van der Waals surface area contributed by atoms with Crippen molar-refractivity contribution in [1.29, 1.82) is 0 Å². The highest BCUT2D eigenvalue weighted by molar-refractivity contribution is 7.89. The third kappa shape index (κ3) is 3.17. The van der Waals surface area contributed by atoms with Crippen LogP contribution >= 0.6 is 0 Å². The molecule has 0 fully saturated rings. The van der Waals surface area contributed by atoms with Crippen molar-refractivity contribution < 1.29 is 13.5 Å². The zero-order valence-corrected chi connectivity index (χ0v) is 13.7. The van der Waals surface area contributed by atoms with Crippen LogP contribution in [0.4, 0.5) is 0 Å². The number of hydrogen-bond acceptors (Lipinski definition) is 3. The summed E-state index contributed by atoms with van der Waals surface area (Å²) in [6, 6.07) is 16.4. The fraction of sp³-hybridized carbons (Fsp3) is 0.333. The van der Waals surface area contributed by atoms with Gasteiger partial charge in [0.1, 0.15) is 0 Å². The van der Waals surface area contributed by atoms with Gasteiger partial charge in [-0.15, -0.1) is 0 Å². The Balaban J connectivity index is 1.99. The van der Waals surface area contributed by atoms with Gasteiger partial charge in [0.05, 0.1) is 10.9 Å². The maximum atomic E-state index is 13.1. The van der Waals surface area contributed by atoms with E-state index in [0.717, 1.165) is 18.4 Å². The van der Waals surface area contributed by atoms with Gasteiger partial charge in [-0.2, -0.15) is 4.31 Å². The molecule has 23 heavy (non-hydrogen) atoms. The molecule has 0 spiro atoms. The predicted molar refractivity (Wildman–Crippen MR) is 89.5 cm³/mol. The smallest absolute Gasteiger partial charge is 0.243 e. The first-order chi connectivity index (χ1) is 11.1. The summed E-state index contributed by atoms with van der Waals surface area (Å²) in [6.07, 6.45) is 2.11. The summed E-state index contributed by atoms with van der Waals surface area (Å²) in [5, 5.41) is 9.17. The van der Waals surface area contributed by atoms with Gasteiger partial charge in [-0.1, -0.05) is 42.5 Å². The zero-order valence-electron chi connectivity index (χ0n) is 12.9. The molecular weight excluding hydrogens is 310 g/mol. The molecule has 3 rings (SSSR count). The molecule has 5 heteroatoms. The van der Waals surface area contributed by atoms with Gasteiger partial charge in [-0.05, 0) is 42.5 Å². The summed E-state index contributed by atoms with van der Waals surface area (Å²) in [5.74, 6) is 0. The summed E-state index contributed by atoms with van der Waals surface area (Å²) in [7, 11) is -3.58. The fourth-order valence-electron chi connectivity index (χ4n) is 3.23. The minimum Gasteiger partial charge on any atom is -0.396 e. The molecule has 2 aromatic carbocycles. The maximum Gasteiger partial charge on any atom is 0.243 e. The molecule has 122 valence electrons. The quantitative estimate of drug-likeness (QED) is 0.885. The Bertz CT molecular complexity index is 759. The van der Waals surface area contributed by atoms with E-state index in [4.69, 9.17) is 5.11 Å². The fourth-order valence-corrected chi connectivity index (χ4v) is 4.93. The molecule has 4 nitrogen and oxygen atoms in total. The van der Waals surface area contributed by atoms with Crippen LogP contribution in [0, 0.1) is 0 Å². The maximum absolute atomic E-state index is 13.1. The lowest BCUT2D eigenvalue weighted by molar-refractivity contribution is 0.249. The number of fused-ring (bicyclic) bond motifs is 1. The SMILES string of the molecule is O=S(=O)(c1ccccc1)N(CCCO)C1CCc2ccccc21. The monoisotopic (exact) mass is 331 g/mol. The first-order valence-electron chi connectivity index (χ1n) is 7.90. The molecule has 0 aliphatic heterocycles. The van der Waals surface area contributed by atoms with Crippen LogP contribution in [0.15, 0.2) is 59.5 Å². The Morgan fingerprint density at radius 2 is 1.74 bits per heavy atom. The van der Waals surface area contributed by atoms with Gasteiger partial charge in [-0.25, -0.2) is 8.42 Å². The van der Waals surface area contributed by atoms with E-state index in [-0.39, 0.29) is 12.6 Å². The first kappa shape index (κ1) is 16.2. The van der Waals surface area contributed by atoms with E-state index in [9.17, 15) is 8.42 Å². The van der Waals surface area contributed by atoms with Crippen molar-refractivity contribution >= 4 is 10.0 Å². The lowest BCUT2D eigenvalue weighted by atomic mass is 10.1. The van der Waals surface area contributed by atoms with Crippen molar-refractivity contribution in [2.24, 2.45) is 0 Å². The number of aryl methyl sites for hydroxylation is 1.